The van der Waals surface area contributed by atoms with E-state index in [1.807, 2.05) is 40.3 Å². The summed E-state index contributed by atoms with van der Waals surface area (Å²) < 4.78 is 42.4. The highest BCUT2D eigenvalue weighted by Gasteiger charge is 2.38. The van der Waals surface area contributed by atoms with Gasteiger partial charge in [-0.25, -0.2) is 4.79 Å². The lowest BCUT2D eigenvalue weighted by Gasteiger charge is -2.28. The van der Waals surface area contributed by atoms with Crippen LogP contribution in [0.15, 0.2) is 35.0 Å². The van der Waals surface area contributed by atoms with Crippen molar-refractivity contribution in [1.82, 2.24) is 15.5 Å². The average Bonchev–Trinajstić information content (AvgIpc) is 3.43. The number of hydrogen-bond donors (Lipinski definition) is 2. The zero-order valence-corrected chi connectivity index (χ0v) is 21.4. The molecule has 0 spiro atoms. The number of amides is 3. The summed E-state index contributed by atoms with van der Waals surface area (Å²) in [6.45, 7) is 5.61. The van der Waals surface area contributed by atoms with Crippen molar-refractivity contribution in [3.63, 3.8) is 0 Å². The molecule has 2 heterocycles. The van der Waals surface area contributed by atoms with Gasteiger partial charge in [0.1, 0.15) is 11.6 Å². The Morgan fingerprint density at radius 1 is 1.00 bits per heavy atom. The molecule has 0 saturated carbocycles. The maximum Gasteiger partial charge on any atom is 0.471 e. The minimum Gasteiger partial charge on any atom is -0.444 e. The van der Waals surface area contributed by atoms with E-state index < -0.39 is 29.8 Å². The molecule has 0 radical (unpaired) electrons. The van der Waals surface area contributed by atoms with Gasteiger partial charge in [-0.15, -0.1) is 22.7 Å². The predicted octanol–water partition coefficient (Wildman–Crippen LogP) is 5.08. The topological polar surface area (TPSA) is 87.7 Å². The maximum absolute atomic E-state index is 13.5. The van der Waals surface area contributed by atoms with E-state index in [0.29, 0.717) is 19.5 Å². The molecule has 0 aliphatic rings. The number of carbonyl (C=O) groups excluding carboxylic acids is 3. The van der Waals surface area contributed by atoms with Gasteiger partial charge in [-0.05, 0) is 62.9 Å². The summed E-state index contributed by atoms with van der Waals surface area (Å²) in [5, 5.41) is 8.26. The van der Waals surface area contributed by atoms with E-state index in [-0.39, 0.29) is 25.3 Å². The third kappa shape index (κ3) is 10.7. The van der Waals surface area contributed by atoms with Gasteiger partial charge in [0.15, 0.2) is 0 Å². The van der Waals surface area contributed by atoms with Crippen molar-refractivity contribution in [2.75, 3.05) is 6.54 Å². The summed E-state index contributed by atoms with van der Waals surface area (Å²) in [7, 11) is 0. The van der Waals surface area contributed by atoms with Crippen molar-refractivity contribution in [3.8, 4) is 0 Å². The van der Waals surface area contributed by atoms with Gasteiger partial charge in [0.05, 0.1) is 13.1 Å². The standard InChI is InChI=1S/C23H30F3N3O4S2/c1-22(2,3)33-21(32)28-18(10-4-5-11-27-20(31)23(24,25)26)19(30)29(14-16-8-6-12-34-16)15-17-9-7-13-35-17/h6-9,12-13,18H,4-5,10-11,14-15H2,1-3H3,(H,27,31)(H,28,32). The maximum atomic E-state index is 13.5. The molecule has 12 heteroatoms. The molecule has 0 aromatic carbocycles. The molecule has 194 valence electrons. The van der Waals surface area contributed by atoms with Crippen LogP contribution in [0.25, 0.3) is 0 Å². The molecule has 0 saturated heterocycles. The molecule has 0 fully saturated rings. The Bertz CT molecular complexity index is 906. The van der Waals surface area contributed by atoms with Crippen molar-refractivity contribution in [3.05, 3.63) is 44.8 Å². The van der Waals surface area contributed by atoms with Crippen LogP contribution in [-0.4, -0.2) is 47.2 Å². The molecule has 35 heavy (non-hydrogen) atoms. The number of ether oxygens (including phenoxy) is 1. The van der Waals surface area contributed by atoms with E-state index in [1.165, 1.54) is 22.7 Å². The molecule has 0 aliphatic carbocycles. The Labute approximate surface area is 210 Å². The molecular formula is C23H30F3N3O4S2. The molecular weight excluding hydrogens is 503 g/mol. The molecule has 7 nitrogen and oxygen atoms in total. The number of thiophene rings is 2. The normalized spacial score (nSPS) is 12.6. The first-order valence-corrected chi connectivity index (χ1v) is 12.8. The van der Waals surface area contributed by atoms with Gasteiger partial charge >= 0.3 is 18.2 Å². The Morgan fingerprint density at radius 2 is 1.57 bits per heavy atom. The summed E-state index contributed by atoms with van der Waals surface area (Å²) in [6, 6.07) is 6.67. The molecule has 0 bridgehead atoms. The molecule has 2 N–H and O–H groups in total. The fourth-order valence-electron chi connectivity index (χ4n) is 3.10. The first-order chi connectivity index (χ1) is 16.3. The quantitative estimate of drug-likeness (QED) is 0.395. The zero-order valence-electron chi connectivity index (χ0n) is 19.8. The second kappa shape index (κ2) is 12.9. The van der Waals surface area contributed by atoms with Gasteiger partial charge in [-0.2, -0.15) is 13.2 Å². The van der Waals surface area contributed by atoms with Crippen LogP contribution < -0.4 is 10.6 Å². The van der Waals surface area contributed by atoms with Gasteiger partial charge in [0.25, 0.3) is 0 Å². The Hall–Kier alpha value is -2.60. The Kier molecular flexibility index (Phi) is 10.6. The fourth-order valence-corrected chi connectivity index (χ4v) is 4.54. The van der Waals surface area contributed by atoms with Gasteiger partial charge in [-0.1, -0.05) is 12.1 Å². The van der Waals surface area contributed by atoms with Crippen LogP contribution in [0.2, 0.25) is 0 Å². The second-order valence-electron chi connectivity index (χ2n) is 8.80. The van der Waals surface area contributed by atoms with Crippen LogP contribution >= 0.6 is 22.7 Å². The second-order valence-corrected chi connectivity index (χ2v) is 10.9. The lowest BCUT2D eigenvalue weighted by molar-refractivity contribution is -0.173. The Morgan fingerprint density at radius 3 is 2.03 bits per heavy atom. The summed E-state index contributed by atoms with van der Waals surface area (Å²) in [6.07, 6.45) is -5.02. The lowest BCUT2D eigenvalue weighted by atomic mass is 10.1. The van der Waals surface area contributed by atoms with Crippen molar-refractivity contribution >= 4 is 40.6 Å². The number of rotatable bonds is 11. The number of alkyl halides is 3. The van der Waals surface area contributed by atoms with E-state index in [4.69, 9.17) is 4.74 Å². The van der Waals surface area contributed by atoms with E-state index in [9.17, 15) is 27.6 Å². The predicted molar refractivity (Wildman–Crippen MR) is 129 cm³/mol. The fraction of sp³-hybridized carbons (Fsp3) is 0.522. The smallest absolute Gasteiger partial charge is 0.444 e. The average molecular weight is 534 g/mol. The molecule has 2 rings (SSSR count). The van der Waals surface area contributed by atoms with Gasteiger partial charge in [0, 0.05) is 16.3 Å². The number of hydrogen-bond acceptors (Lipinski definition) is 6. The SMILES string of the molecule is CC(C)(C)OC(=O)NC(CCCCNC(=O)C(F)(F)F)C(=O)N(Cc1cccs1)Cc1cccs1. The number of nitrogens with zero attached hydrogens (tertiary/aromatic N) is 1. The van der Waals surface area contributed by atoms with Crippen molar-refractivity contribution in [2.45, 2.75) is 70.9 Å². The number of unbranched alkanes of at least 4 members (excludes halogenated alkanes) is 1. The van der Waals surface area contributed by atoms with Crippen LogP contribution in [-0.2, 0) is 27.4 Å². The lowest BCUT2D eigenvalue weighted by Crippen LogP contribution is -2.49. The van der Waals surface area contributed by atoms with Gasteiger partial charge in [0.2, 0.25) is 5.91 Å². The van der Waals surface area contributed by atoms with Crippen molar-refractivity contribution in [2.24, 2.45) is 0 Å². The van der Waals surface area contributed by atoms with E-state index in [1.54, 1.807) is 25.7 Å². The van der Waals surface area contributed by atoms with E-state index in [0.717, 1.165) is 9.75 Å². The first kappa shape index (κ1) is 28.6. The van der Waals surface area contributed by atoms with Gasteiger partial charge < -0.3 is 20.3 Å². The summed E-state index contributed by atoms with van der Waals surface area (Å²) in [4.78, 5) is 40.5. The van der Waals surface area contributed by atoms with Crippen LogP contribution in [0, 0.1) is 0 Å². The van der Waals surface area contributed by atoms with E-state index in [2.05, 4.69) is 5.32 Å². The molecule has 2 aromatic rings. The third-order valence-corrected chi connectivity index (χ3v) is 6.34. The van der Waals surface area contributed by atoms with Crippen LogP contribution in [0.1, 0.15) is 49.8 Å². The third-order valence-electron chi connectivity index (χ3n) is 4.62. The largest absolute Gasteiger partial charge is 0.471 e. The minimum atomic E-state index is -4.94. The van der Waals surface area contributed by atoms with Gasteiger partial charge in [-0.3, -0.25) is 9.59 Å². The summed E-state index contributed by atoms with van der Waals surface area (Å²) in [5.74, 6) is -2.33. The van der Waals surface area contributed by atoms with Crippen molar-refractivity contribution < 1.29 is 32.3 Å². The van der Waals surface area contributed by atoms with Crippen LogP contribution in [0.4, 0.5) is 18.0 Å². The summed E-state index contributed by atoms with van der Waals surface area (Å²) in [5.41, 5.74) is -0.771. The minimum absolute atomic E-state index is 0.172. The van der Waals surface area contributed by atoms with Crippen LogP contribution in [0.5, 0.6) is 0 Å². The molecule has 1 unspecified atom stereocenters. The molecule has 0 aliphatic heterocycles. The highest BCUT2D eigenvalue weighted by Crippen LogP contribution is 2.20. The Balaban J connectivity index is 2.09. The van der Waals surface area contributed by atoms with Crippen molar-refractivity contribution in [1.29, 1.82) is 0 Å². The number of carbonyl (C=O) groups is 3. The summed E-state index contributed by atoms with van der Waals surface area (Å²) >= 11 is 3.02. The van der Waals surface area contributed by atoms with Crippen LogP contribution in [0.3, 0.4) is 0 Å². The zero-order chi connectivity index (χ0) is 26.1. The molecule has 2 aromatic heterocycles. The molecule has 1 atom stereocenters. The number of alkyl carbamates (subject to hydrolysis) is 1. The number of nitrogens with one attached hydrogen (secondary N) is 2. The highest BCUT2D eigenvalue weighted by molar-refractivity contribution is 7.10. The highest BCUT2D eigenvalue weighted by atomic mass is 32.1. The molecule has 3 amide bonds. The number of halogens is 3. The monoisotopic (exact) mass is 533 g/mol. The van der Waals surface area contributed by atoms with E-state index >= 15 is 0 Å². The first-order valence-electron chi connectivity index (χ1n) is 11.0.